The van der Waals surface area contributed by atoms with Crippen molar-refractivity contribution in [2.24, 2.45) is 11.7 Å². The van der Waals surface area contributed by atoms with Gasteiger partial charge in [0.15, 0.2) is 0 Å². The summed E-state index contributed by atoms with van der Waals surface area (Å²) in [6.07, 6.45) is 2.93. The monoisotopic (exact) mass is 194 g/mol. The highest BCUT2D eigenvalue weighted by Crippen LogP contribution is 2.18. The van der Waals surface area contributed by atoms with Crippen LogP contribution in [0, 0.1) is 5.92 Å². The Balaban J connectivity index is 2.99. The van der Waals surface area contributed by atoms with Crippen molar-refractivity contribution in [1.29, 1.82) is 0 Å². The van der Waals surface area contributed by atoms with E-state index in [0.29, 0.717) is 0 Å². The molecule has 14 heavy (non-hydrogen) atoms. The van der Waals surface area contributed by atoms with Crippen molar-refractivity contribution < 1.29 is 9.90 Å². The molecule has 0 unspecified atom stereocenters. The minimum Gasteiger partial charge on any atom is -0.478 e. The maximum atomic E-state index is 10.7. The van der Waals surface area contributed by atoms with Gasteiger partial charge >= 0.3 is 5.97 Å². The molecule has 3 N–H and O–H groups in total. The second-order valence-electron chi connectivity index (χ2n) is 3.58. The molecular weight excluding hydrogens is 180 g/mol. The summed E-state index contributed by atoms with van der Waals surface area (Å²) in [4.78, 5) is 14.5. The van der Waals surface area contributed by atoms with Gasteiger partial charge in [0.05, 0.1) is 5.56 Å². The Hall–Kier alpha value is -1.42. The Bertz CT molecular complexity index is 337. The normalized spacial score (nSPS) is 12.9. The lowest BCUT2D eigenvalue weighted by atomic mass is 9.98. The van der Waals surface area contributed by atoms with Crippen LogP contribution in [0.15, 0.2) is 18.5 Å². The molecule has 1 atom stereocenters. The van der Waals surface area contributed by atoms with E-state index in [1.807, 2.05) is 13.8 Å². The van der Waals surface area contributed by atoms with Gasteiger partial charge in [-0.2, -0.15) is 0 Å². The van der Waals surface area contributed by atoms with E-state index in [-0.39, 0.29) is 17.5 Å². The van der Waals surface area contributed by atoms with Gasteiger partial charge < -0.3 is 10.8 Å². The van der Waals surface area contributed by atoms with E-state index in [2.05, 4.69) is 4.98 Å². The molecule has 0 aliphatic carbocycles. The van der Waals surface area contributed by atoms with Crippen LogP contribution in [-0.4, -0.2) is 16.1 Å². The number of hydrogen-bond donors (Lipinski definition) is 2. The summed E-state index contributed by atoms with van der Waals surface area (Å²) < 4.78 is 0. The lowest BCUT2D eigenvalue weighted by molar-refractivity contribution is 0.0696. The third-order valence-electron chi connectivity index (χ3n) is 2.11. The van der Waals surface area contributed by atoms with Crippen molar-refractivity contribution in [3.63, 3.8) is 0 Å². The van der Waals surface area contributed by atoms with E-state index < -0.39 is 5.97 Å². The number of aromatic carboxylic acids is 1. The number of nitrogens with two attached hydrogens (primary N) is 1. The zero-order valence-corrected chi connectivity index (χ0v) is 8.27. The second-order valence-corrected chi connectivity index (χ2v) is 3.58. The van der Waals surface area contributed by atoms with Crippen molar-refractivity contribution in [3.8, 4) is 0 Å². The van der Waals surface area contributed by atoms with E-state index in [0.717, 1.165) is 5.56 Å². The number of pyridine rings is 1. The van der Waals surface area contributed by atoms with Crippen LogP contribution in [-0.2, 0) is 0 Å². The van der Waals surface area contributed by atoms with Crippen LogP contribution >= 0.6 is 0 Å². The van der Waals surface area contributed by atoms with E-state index in [1.54, 1.807) is 12.3 Å². The third kappa shape index (κ3) is 2.29. The summed E-state index contributed by atoms with van der Waals surface area (Å²) in [6, 6.07) is 1.40. The molecule has 0 saturated carbocycles. The summed E-state index contributed by atoms with van der Waals surface area (Å²) in [5.41, 5.74) is 6.82. The number of carboxylic acids is 1. The Morgan fingerprint density at radius 1 is 1.50 bits per heavy atom. The van der Waals surface area contributed by atoms with Crippen LogP contribution < -0.4 is 5.73 Å². The van der Waals surface area contributed by atoms with Crippen molar-refractivity contribution in [3.05, 3.63) is 29.6 Å². The third-order valence-corrected chi connectivity index (χ3v) is 2.11. The smallest absolute Gasteiger partial charge is 0.337 e. The van der Waals surface area contributed by atoms with Gasteiger partial charge in [0.2, 0.25) is 0 Å². The number of rotatable bonds is 3. The first kappa shape index (κ1) is 10.7. The molecule has 0 spiro atoms. The average molecular weight is 194 g/mol. The van der Waals surface area contributed by atoms with E-state index >= 15 is 0 Å². The molecule has 76 valence electrons. The molecule has 0 aromatic carbocycles. The molecule has 0 saturated heterocycles. The molecular formula is C10H14N2O2. The molecule has 4 heteroatoms. The van der Waals surface area contributed by atoms with Gasteiger partial charge in [-0.15, -0.1) is 0 Å². The fraction of sp³-hybridized carbons (Fsp3) is 0.400. The molecule has 1 aromatic heterocycles. The molecule has 0 aliphatic rings. The topological polar surface area (TPSA) is 76.2 Å². The zero-order chi connectivity index (χ0) is 10.7. The molecule has 1 aromatic rings. The molecule has 0 fully saturated rings. The lowest BCUT2D eigenvalue weighted by Crippen LogP contribution is -2.17. The Morgan fingerprint density at radius 3 is 2.64 bits per heavy atom. The number of hydrogen-bond acceptors (Lipinski definition) is 3. The number of nitrogens with zero attached hydrogens (tertiary/aromatic N) is 1. The Labute approximate surface area is 82.8 Å². The van der Waals surface area contributed by atoms with Crippen molar-refractivity contribution in [1.82, 2.24) is 4.98 Å². The quantitative estimate of drug-likeness (QED) is 0.763. The highest BCUT2D eigenvalue weighted by atomic mass is 16.4. The van der Waals surface area contributed by atoms with E-state index in [9.17, 15) is 4.79 Å². The average Bonchev–Trinajstić information content (AvgIpc) is 2.16. The molecule has 4 nitrogen and oxygen atoms in total. The van der Waals surface area contributed by atoms with Crippen LogP contribution in [0.4, 0.5) is 0 Å². The van der Waals surface area contributed by atoms with Gasteiger partial charge in [0.25, 0.3) is 0 Å². The standard InChI is InChI=1S/C10H14N2O2/c1-6(2)9(11)7-3-8(10(13)14)5-12-4-7/h3-6,9H,11H2,1-2H3,(H,13,14)/t9-/m0/s1. The predicted molar refractivity (Wildman–Crippen MR) is 53.0 cm³/mol. The highest BCUT2D eigenvalue weighted by molar-refractivity contribution is 5.87. The molecule has 0 amide bonds. The van der Waals surface area contributed by atoms with Gasteiger partial charge in [-0.3, -0.25) is 4.98 Å². The SMILES string of the molecule is CC(C)[C@H](N)c1cncc(C(=O)O)c1. The lowest BCUT2D eigenvalue weighted by Gasteiger charge is -2.15. The van der Waals surface area contributed by atoms with E-state index in [4.69, 9.17) is 10.8 Å². The van der Waals surface area contributed by atoms with Crippen molar-refractivity contribution in [2.75, 3.05) is 0 Å². The predicted octanol–water partition coefficient (Wildman–Crippen LogP) is 1.44. The maximum absolute atomic E-state index is 10.7. The molecule has 0 radical (unpaired) electrons. The number of aromatic nitrogens is 1. The first-order chi connectivity index (χ1) is 6.52. The highest BCUT2D eigenvalue weighted by Gasteiger charge is 2.12. The fourth-order valence-electron chi connectivity index (χ4n) is 1.14. The zero-order valence-electron chi connectivity index (χ0n) is 8.27. The van der Waals surface area contributed by atoms with Crippen LogP contribution in [0.5, 0.6) is 0 Å². The van der Waals surface area contributed by atoms with E-state index in [1.165, 1.54) is 6.20 Å². The minimum atomic E-state index is -0.977. The van der Waals surface area contributed by atoms with Crippen LogP contribution in [0.25, 0.3) is 0 Å². The van der Waals surface area contributed by atoms with Crippen LogP contribution in [0.1, 0.15) is 35.8 Å². The molecule has 0 bridgehead atoms. The Kier molecular flexibility index (Phi) is 3.19. The van der Waals surface area contributed by atoms with Crippen LogP contribution in [0.3, 0.4) is 0 Å². The van der Waals surface area contributed by atoms with Gasteiger partial charge in [-0.1, -0.05) is 13.8 Å². The number of carboxylic acid groups (broad SMARTS) is 1. The fourth-order valence-corrected chi connectivity index (χ4v) is 1.14. The Morgan fingerprint density at radius 2 is 2.14 bits per heavy atom. The second kappa shape index (κ2) is 4.19. The summed E-state index contributed by atoms with van der Waals surface area (Å²) in [5, 5.41) is 8.75. The summed E-state index contributed by atoms with van der Waals surface area (Å²) in [6.45, 7) is 3.97. The maximum Gasteiger partial charge on any atom is 0.337 e. The first-order valence-electron chi connectivity index (χ1n) is 4.46. The van der Waals surface area contributed by atoms with Gasteiger partial charge in [0.1, 0.15) is 0 Å². The molecule has 1 rings (SSSR count). The van der Waals surface area contributed by atoms with Gasteiger partial charge in [0, 0.05) is 18.4 Å². The largest absolute Gasteiger partial charge is 0.478 e. The van der Waals surface area contributed by atoms with Crippen molar-refractivity contribution >= 4 is 5.97 Å². The van der Waals surface area contributed by atoms with Gasteiger partial charge in [-0.25, -0.2) is 4.79 Å². The van der Waals surface area contributed by atoms with Crippen molar-refractivity contribution in [2.45, 2.75) is 19.9 Å². The van der Waals surface area contributed by atoms with Crippen LogP contribution in [0.2, 0.25) is 0 Å². The minimum absolute atomic E-state index is 0.165. The van der Waals surface area contributed by atoms with Gasteiger partial charge in [-0.05, 0) is 17.5 Å². The summed E-state index contributed by atoms with van der Waals surface area (Å²) >= 11 is 0. The summed E-state index contributed by atoms with van der Waals surface area (Å²) in [7, 11) is 0. The molecule has 1 heterocycles. The first-order valence-corrected chi connectivity index (χ1v) is 4.46. The number of carbonyl (C=O) groups is 1. The summed E-state index contributed by atoms with van der Waals surface area (Å²) in [5.74, 6) is -0.712. The molecule has 0 aliphatic heterocycles.